The van der Waals surface area contributed by atoms with E-state index < -0.39 is 0 Å². The molecule has 1 aliphatic heterocycles. The zero-order valence-electron chi connectivity index (χ0n) is 17.8. The molecule has 0 aliphatic carbocycles. The lowest BCUT2D eigenvalue weighted by molar-refractivity contribution is -0.125. The van der Waals surface area contributed by atoms with Crippen molar-refractivity contribution in [2.24, 2.45) is 5.92 Å². The Morgan fingerprint density at radius 2 is 1.94 bits per heavy atom. The van der Waals surface area contributed by atoms with Crippen molar-refractivity contribution in [3.05, 3.63) is 72.6 Å². The largest absolute Gasteiger partial charge is 0.497 e. The van der Waals surface area contributed by atoms with E-state index in [1.807, 2.05) is 48.5 Å². The van der Waals surface area contributed by atoms with Crippen LogP contribution in [0.25, 0.3) is 11.3 Å². The molecule has 0 bridgehead atoms. The van der Waals surface area contributed by atoms with Crippen molar-refractivity contribution in [3.63, 3.8) is 0 Å². The lowest BCUT2D eigenvalue weighted by atomic mass is 9.97. The molecule has 0 radical (unpaired) electrons. The topological polar surface area (TPSA) is 67.3 Å². The number of amides is 1. The first-order valence-corrected chi connectivity index (χ1v) is 10.8. The Kier molecular flexibility index (Phi) is 6.77. The normalized spacial score (nSPS) is 16.0. The number of nitrogens with zero attached hydrogens (tertiary/aromatic N) is 3. The number of methoxy groups -OCH3 is 1. The Hall–Kier alpha value is -3.41. The number of anilines is 1. The van der Waals surface area contributed by atoms with Crippen LogP contribution in [0.4, 0.5) is 5.82 Å². The maximum Gasteiger partial charge on any atom is 0.224 e. The van der Waals surface area contributed by atoms with Crippen molar-refractivity contribution in [3.8, 4) is 17.0 Å². The summed E-state index contributed by atoms with van der Waals surface area (Å²) in [6.07, 6.45) is 4.32. The van der Waals surface area contributed by atoms with Gasteiger partial charge in [0, 0.05) is 31.3 Å². The van der Waals surface area contributed by atoms with E-state index in [0.29, 0.717) is 13.1 Å². The fourth-order valence-electron chi connectivity index (χ4n) is 3.96. The first kappa shape index (κ1) is 20.8. The van der Waals surface area contributed by atoms with Crippen LogP contribution >= 0.6 is 0 Å². The molecule has 31 heavy (non-hydrogen) atoms. The zero-order chi connectivity index (χ0) is 21.5. The van der Waals surface area contributed by atoms with E-state index in [1.165, 1.54) is 5.56 Å². The molecule has 1 unspecified atom stereocenters. The molecule has 1 atom stereocenters. The summed E-state index contributed by atoms with van der Waals surface area (Å²) in [7, 11) is 1.66. The van der Waals surface area contributed by atoms with E-state index in [-0.39, 0.29) is 11.8 Å². The van der Waals surface area contributed by atoms with Gasteiger partial charge in [-0.1, -0.05) is 30.3 Å². The number of aromatic nitrogens is 2. The van der Waals surface area contributed by atoms with E-state index >= 15 is 0 Å². The summed E-state index contributed by atoms with van der Waals surface area (Å²) in [5.41, 5.74) is 3.11. The molecule has 1 N–H and O–H groups in total. The lowest BCUT2D eigenvalue weighted by Gasteiger charge is -2.33. The molecular formula is C25H28N4O2. The van der Waals surface area contributed by atoms with Gasteiger partial charge in [-0.15, -0.1) is 0 Å². The molecule has 2 aromatic carbocycles. The molecule has 1 saturated heterocycles. The first-order chi connectivity index (χ1) is 15.2. The SMILES string of the molecule is COc1ccc(-c2cc(N3CCCC(C(=O)NCCc4ccccc4)C3)ncn2)cc1. The molecule has 6 heteroatoms. The molecule has 0 spiro atoms. The van der Waals surface area contributed by atoms with E-state index in [2.05, 4.69) is 32.3 Å². The maximum absolute atomic E-state index is 12.7. The van der Waals surface area contributed by atoms with Crippen LogP contribution in [-0.2, 0) is 11.2 Å². The van der Waals surface area contributed by atoms with Gasteiger partial charge in [0.05, 0.1) is 18.7 Å². The van der Waals surface area contributed by atoms with Gasteiger partial charge in [0.25, 0.3) is 0 Å². The fraction of sp³-hybridized carbons (Fsp3) is 0.320. The molecule has 6 nitrogen and oxygen atoms in total. The highest BCUT2D eigenvalue weighted by Crippen LogP contribution is 2.26. The van der Waals surface area contributed by atoms with Gasteiger partial charge in [-0.2, -0.15) is 0 Å². The van der Waals surface area contributed by atoms with Crippen LogP contribution in [0.3, 0.4) is 0 Å². The quantitative estimate of drug-likeness (QED) is 0.636. The van der Waals surface area contributed by atoms with Gasteiger partial charge in [0.15, 0.2) is 0 Å². The molecule has 3 aromatic rings. The monoisotopic (exact) mass is 416 g/mol. The Bertz CT molecular complexity index is 992. The number of rotatable bonds is 7. The predicted octanol–water partition coefficient (Wildman–Crippen LogP) is 3.73. The third kappa shape index (κ3) is 5.40. The standard InChI is InChI=1S/C25H28N4O2/c1-31-22-11-9-20(10-12-22)23-16-24(28-18-27-23)29-15-5-8-21(17-29)25(30)26-14-13-19-6-3-2-4-7-19/h2-4,6-7,9-12,16,18,21H,5,8,13-15,17H2,1H3,(H,26,30). The van der Waals surface area contributed by atoms with Gasteiger partial charge in [-0.3, -0.25) is 4.79 Å². The van der Waals surface area contributed by atoms with Gasteiger partial charge < -0.3 is 15.0 Å². The van der Waals surface area contributed by atoms with E-state index in [9.17, 15) is 4.79 Å². The molecule has 1 fully saturated rings. The molecule has 1 aliphatic rings. The van der Waals surface area contributed by atoms with Crippen molar-refractivity contribution in [1.29, 1.82) is 0 Å². The van der Waals surface area contributed by atoms with Crippen molar-refractivity contribution in [1.82, 2.24) is 15.3 Å². The Balaban J connectivity index is 1.37. The molecule has 160 valence electrons. The van der Waals surface area contributed by atoms with Gasteiger partial charge in [-0.25, -0.2) is 9.97 Å². The van der Waals surface area contributed by atoms with E-state index in [1.54, 1.807) is 13.4 Å². The number of ether oxygens (including phenoxy) is 1. The number of carbonyl (C=O) groups excluding carboxylic acids is 1. The van der Waals surface area contributed by atoms with Crippen molar-refractivity contribution in [2.75, 3.05) is 31.6 Å². The third-order valence-corrected chi connectivity index (χ3v) is 5.71. The van der Waals surface area contributed by atoms with E-state index in [4.69, 9.17) is 4.74 Å². The van der Waals surface area contributed by atoms with Gasteiger partial charge >= 0.3 is 0 Å². The Labute approximate surface area is 183 Å². The molecule has 1 amide bonds. The summed E-state index contributed by atoms with van der Waals surface area (Å²) >= 11 is 0. The highest BCUT2D eigenvalue weighted by Gasteiger charge is 2.26. The number of hydrogen-bond donors (Lipinski definition) is 1. The van der Waals surface area contributed by atoms with E-state index in [0.717, 1.165) is 48.6 Å². The second-order valence-corrected chi connectivity index (χ2v) is 7.80. The molecule has 4 rings (SSSR count). The van der Waals surface area contributed by atoms with Crippen molar-refractivity contribution >= 4 is 11.7 Å². The van der Waals surface area contributed by atoms with Crippen LogP contribution in [0.1, 0.15) is 18.4 Å². The van der Waals surface area contributed by atoms with Crippen molar-refractivity contribution in [2.45, 2.75) is 19.3 Å². The second kappa shape index (κ2) is 10.1. The zero-order valence-corrected chi connectivity index (χ0v) is 17.8. The van der Waals surface area contributed by atoms with Crippen LogP contribution in [0, 0.1) is 5.92 Å². The average molecular weight is 417 g/mol. The molecule has 1 aromatic heterocycles. The first-order valence-electron chi connectivity index (χ1n) is 10.8. The van der Waals surface area contributed by atoms with Gasteiger partial charge in [0.1, 0.15) is 17.9 Å². The summed E-state index contributed by atoms with van der Waals surface area (Å²) < 4.78 is 5.23. The minimum atomic E-state index is -0.0241. The molecule has 0 saturated carbocycles. The van der Waals surface area contributed by atoms with Crippen molar-refractivity contribution < 1.29 is 9.53 Å². The highest BCUT2D eigenvalue weighted by atomic mass is 16.5. The Morgan fingerprint density at radius 1 is 1.13 bits per heavy atom. The smallest absolute Gasteiger partial charge is 0.224 e. The van der Waals surface area contributed by atoms with Crippen LogP contribution in [0.5, 0.6) is 5.75 Å². The van der Waals surface area contributed by atoms with Gasteiger partial charge in [0.2, 0.25) is 5.91 Å². The summed E-state index contributed by atoms with van der Waals surface area (Å²) in [4.78, 5) is 23.8. The molecule has 2 heterocycles. The fourth-order valence-corrected chi connectivity index (χ4v) is 3.96. The number of hydrogen-bond acceptors (Lipinski definition) is 5. The summed E-state index contributed by atoms with van der Waals surface area (Å²) in [6, 6.07) is 20.1. The lowest BCUT2D eigenvalue weighted by Crippen LogP contribution is -2.43. The number of piperidine rings is 1. The highest BCUT2D eigenvalue weighted by molar-refractivity contribution is 5.79. The molecular weight excluding hydrogens is 388 g/mol. The van der Waals surface area contributed by atoms with Crippen LogP contribution in [0.2, 0.25) is 0 Å². The maximum atomic E-state index is 12.7. The van der Waals surface area contributed by atoms with Crippen LogP contribution < -0.4 is 15.0 Å². The summed E-state index contributed by atoms with van der Waals surface area (Å²) in [5.74, 6) is 1.78. The number of nitrogens with one attached hydrogen (secondary N) is 1. The predicted molar refractivity (Wildman–Crippen MR) is 122 cm³/mol. The average Bonchev–Trinajstić information content (AvgIpc) is 2.85. The summed E-state index contributed by atoms with van der Waals surface area (Å²) in [5, 5.41) is 3.11. The minimum absolute atomic E-state index is 0.0241. The minimum Gasteiger partial charge on any atom is -0.497 e. The third-order valence-electron chi connectivity index (χ3n) is 5.71. The summed E-state index contributed by atoms with van der Waals surface area (Å²) in [6.45, 7) is 2.23. The van der Waals surface area contributed by atoms with Gasteiger partial charge in [-0.05, 0) is 49.1 Å². The Morgan fingerprint density at radius 3 is 2.71 bits per heavy atom. The second-order valence-electron chi connectivity index (χ2n) is 7.80. The number of carbonyl (C=O) groups is 1. The van der Waals surface area contributed by atoms with Crippen LogP contribution in [0.15, 0.2) is 67.0 Å². The number of benzene rings is 2. The van der Waals surface area contributed by atoms with Crippen LogP contribution in [-0.4, -0.2) is 42.6 Å².